The Bertz CT molecular complexity index is 457. The van der Waals surface area contributed by atoms with E-state index < -0.39 is 23.8 Å². The molecule has 0 aliphatic heterocycles. The van der Waals surface area contributed by atoms with Crippen molar-refractivity contribution in [2.45, 2.75) is 18.9 Å². The van der Waals surface area contributed by atoms with E-state index in [1.165, 1.54) is 12.3 Å². The predicted octanol–water partition coefficient (Wildman–Crippen LogP) is -0.649. The zero-order valence-electron chi connectivity index (χ0n) is 10.7. The van der Waals surface area contributed by atoms with Gasteiger partial charge in [0.15, 0.2) is 5.76 Å². The smallest absolute Gasteiger partial charge is 0.326 e. The van der Waals surface area contributed by atoms with Gasteiger partial charge in [0.1, 0.15) is 6.04 Å². The van der Waals surface area contributed by atoms with Crippen molar-refractivity contribution in [3.05, 3.63) is 24.2 Å². The number of aliphatic hydroxyl groups excluding tert-OH is 1. The molecule has 8 nitrogen and oxygen atoms in total. The highest BCUT2D eigenvalue weighted by Crippen LogP contribution is 1.99. The summed E-state index contributed by atoms with van der Waals surface area (Å²) in [5, 5.41) is 22.2. The molecule has 1 atom stereocenters. The maximum absolute atomic E-state index is 11.5. The molecule has 4 N–H and O–H groups in total. The summed E-state index contributed by atoms with van der Waals surface area (Å²) in [6.45, 7) is -0.288. The number of carbonyl (C=O) groups excluding carboxylic acids is 2. The van der Waals surface area contributed by atoms with Gasteiger partial charge in [-0.3, -0.25) is 9.59 Å². The number of carboxylic acids is 1. The zero-order valence-corrected chi connectivity index (χ0v) is 10.7. The molecule has 0 spiro atoms. The molecular formula is C12H16N2O6. The van der Waals surface area contributed by atoms with Crippen molar-refractivity contribution >= 4 is 17.8 Å². The van der Waals surface area contributed by atoms with E-state index in [9.17, 15) is 14.4 Å². The first-order valence-electron chi connectivity index (χ1n) is 5.99. The molecule has 1 aromatic rings. The summed E-state index contributed by atoms with van der Waals surface area (Å²) in [6.07, 6.45) is 1.22. The first-order valence-corrected chi connectivity index (χ1v) is 5.99. The van der Waals surface area contributed by atoms with Gasteiger partial charge in [-0.15, -0.1) is 0 Å². The number of hydrogen-bond acceptors (Lipinski definition) is 5. The molecule has 2 amide bonds. The number of hydrogen-bond donors (Lipinski definition) is 4. The highest BCUT2D eigenvalue weighted by Gasteiger charge is 2.19. The van der Waals surface area contributed by atoms with Crippen molar-refractivity contribution in [2.24, 2.45) is 0 Å². The van der Waals surface area contributed by atoms with E-state index in [4.69, 9.17) is 14.6 Å². The standard InChI is InChI=1S/C12H16N2O6/c15-6-4-8(12(18)19)14-10(16)3-5-13-11(17)9-2-1-7-20-9/h1-2,7-8,15H,3-6H2,(H,13,17)(H,14,16)(H,18,19). The Morgan fingerprint density at radius 3 is 2.65 bits per heavy atom. The van der Waals surface area contributed by atoms with Crippen LogP contribution in [0.2, 0.25) is 0 Å². The van der Waals surface area contributed by atoms with Crippen LogP contribution in [-0.2, 0) is 9.59 Å². The third-order valence-electron chi connectivity index (χ3n) is 2.43. The third kappa shape index (κ3) is 5.11. The van der Waals surface area contributed by atoms with Crippen LogP contribution in [0.25, 0.3) is 0 Å². The number of rotatable bonds is 8. The Kier molecular flexibility index (Phi) is 6.24. The van der Waals surface area contributed by atoms with Crippen LogP contribution in [0.5, 0.6) is 0 Å². The van der Waals surface area contributed by atoms with Gasteiger partial charge in [-0.25, -0.2) is 4.79 Å². The normalized spacial score (nSPS) is 11.7. The molecule has 0 aliphatic rings. The van der Waals surface area contributed by atoms with Crippen LogP contribution in [0.3, 0.4) is 0 Å². The summed E-state index contributed by atoms with van der Waals surface area (Å²) in [5.41, 5.74) is 0. The largest absolute Gasteiger partial charge is 0.480 e. The maximum atomic E-state index is 11.5. The lowest BCUT2D eigenvalue weighted by atomic mass is 10.2. The van der Waals surface area contributed by atoms with E-state index >= 15 is 0 Å². The van der Waals surface area contributed by atoms with Crippen LogP contribution in [0, 0.1) is 0 Å². The van der Waals surface area contributed by atoms with Gasteiger partial charge in [0, 0.05) is 26.0 Å². The molecule has 0 fully saturated rings. The molecule has 1 rings (SSSR count). The van der Waals surface area contributed by atoms with E-state index in [1.54, 1.807) is 6.07 Å². The molecule has 0 radical (unpaired) electrons. The Morgan fingerprint density at radius 2 is 2.10 bits per heavy atom. The first-order chi connectivity index (χ1) is 9.54. The van der Waals surface area contributed by atoms with Crippen LogP contribution in [0.4, 0.5) is 0 Å². The monoisotopic (exact) mass is 284 g/mol. The fourth-order valence-electron chi connectivity index (χ4n) is 1.44. The van der Waals surface area contributed by atoms with Gasteiger partial charge in [0.2, 0.25) is 5.91 Å². The topological polar surface area (TPSA) is 129 Å². The average Bonchev–Trinajstić information content (AvgIpc) is 2.91. The van der Waals surface area contributed by atoms with Crippen LogP contribution in [0.1, 0.15) is 23.4 Å². The predicted molar refractivity (Wildman–Crippen MR) is 66.9 cm³/mol. The molecule has 0 aliphatic carbocycles. The third-order valence-corrected chi connectivity index (χ3v) is 2.43. The minimum Gasteiger partial charge on any atom is -0.480 e. The molecule has 0 saturated carbocycles. The Balaban J connectivity index is 2.29. The molecule has 1 unspecified atom stereocenters. The Hall–Kier alpha value is -2.35. The van der Waals surface area contributed by atoms with Gasteiger partial charge in [-0.1, -0.05) is 0 Å². The van der Waals surface area contributed by atoms with E-state index in [2.05, 4.69) is 10.6 Å². The molecule has 1 aromatic heterocycles. The van der Waals surface area contributed by atoms with Gasteiger partial charge in [0.05, 0.1) is 6.26 Å². The van der Waals surface area contributed by atoms with Gasteiger partial charge in [-0.05, 0) is 12.1 Å². The molecule has 8 heteroatoms. The molecule has 0 aromatic carbocycles. The summed E-state index contributed by atoms with van der Waals surface area (Å²) in [4.78, 5) is 33.7. The van der Waals surface area contributed by atoms with Crippen molar-refractivity contribution in [3.8, 4) is 0 Å². The highest BCUT2D eigenvalue weighted by molar-refractivity contribution is 5.91. The van der Waals surface area contributed by atoms with Crippen LogP contribution in [-0.4, -0.2) is 47.2 Å². The van der Waals surface area contributed by atoms with Crippen molar-refractivity contribution in [2.75, 3.05) is 13.2 Å². The molecule has 110 valence electrons. The molecule has 0 saturated heterocycles. The Morgan fingerprint density at radius 1 is 1.35 bits per heavy atom. The second kappa shape index (κ2) is 7.95. The number of carboxylic acid groups (broad SMARTS) is 1. The fraction of sp³-hybridized carbons (Fsp3) is 0.417. The van der Waals surface area contributed by atoms with E-state index in [-0.39, 0.29) is 31.8 Å². The van der Waals surface area contributed by atoms with E-state index in [0.29, 0.717) is 0 Å². The fourth-order valence-corrected chi connectivity index (χ4v) is 1.44. The molecule has 20 heavy (non-hydrogen) atoms. The van der Waals surface area contributed by atoms with Crippen LogP contribution < -0.4 is 10.6 Å². The van der Waals surface area contributed by atoms with Gasteiger partial charge < -0.3 is 25.3 Å². The summed E-state index contributed by atoms with van der Waals surface area (Å²) in [6, 6.07) is 1.92. The van der Waals surface area contributed by atoms with Crippen LogP contribution >= 0.6 is 0 Å². The number of carbonyl (C=O) groups is 3. The molecular weight excluding hydrogens is 268 g/mol. The van der Waals surface area contributed by atoms with Crippen molar-refractivity contribution in [3.63, 3.8) is 0 Å². The number of nitrogens with one attached hydrogen (secondary N) is 2. The number of aliphatic carboxylic acids is 1. The maximum Gasteiger partial charge on any atom is 0.326 e. The first kappa shape index (κ1) is 15.7. The minimum atomic E-state index is -1.22. The average molecular weight is 284 g/mol. The summed E-state index contributed by atoms with van der Waals surface area (Å²) >= 11 is 0. The number of aliphatic hydroxyl groups is 1. The second-order valence-corrected chi connectivity index (χ2v) is 3.95. The van der Waals surface area contributed by atoms with Crippen molar-refractivity contribution < 1.29 is 29.0 Å². The van der Waals surface area contributed by atoms with Crippen molar-refractivity contribution in [1.29, 1.82) is 0 Å². The van der Waals surface area contributed by atoms with Gasteiger partial charge >= 0.3 is 5.97 Å². The van der Waals surface area contributed by atoms with E-state index in [1.807, 2.05) is 0 Å². The summed E-state index contributed by atoms with van der Waals surface area (Å²) in [7, 11) is 0. The Labute approximate surface area is 114 Å². The van der Waals surface area contributed by atoms with Gasteiger partial charge in [-0.2, -0.15) is 0 Å². The zero-order chi connectivity index (χ0) is 15.0. The highest BCUT2D eigenvalue weighted by atomic mass is 16.4. The second-order valence-electron chi connectivity index (χ2n) is 3.95. The quantitative estimate of drug-likeness (QED) is 0.502. The number of furan rings is 1. The summed E-state index contributed by atoms with van der Waals surface area (Å²) < 4.78 is 4.86. The lowest BCUT2D eigenvalue weighted by Crippen LogP contribution is -2.42. The lowest BCUT2D eigenvalue weighted by Gasteiger charge is -2.13. The lowest BCUT2D eigenvalue weighted by molar-refractivity contribution is -0.142. The SMILES string of the molecule is O=C(CCNC(=O)c1ccco1)NC(CCO)C(=O)O. The molecule has 0 bridgehead atoms. The van der Waals surface area contributed by atoms with E-state index in [0.717, 1.165) is 0 Å². The van der Waals surface area contributed by atoms with Crippen molar-refractivity contribution in [1.82, 2.24) is 10.6 Å². The van der Waals surface area contributed by atoms with Crippen LogP contribution in [0.15, 0.2) is 22.8 Å². The molecule has 1 heterocycles. The van der Waals surface area contributed by atoms with Gasteiger partial charge in [0.25, 0.3) is 5.91 Å². The number of amides is 2. The summed E-state index contributed by atoms with van der Waals surface area (Å²) in [5.74, 6) is -2.06. The minimum absolute atomic E-state index is 0.0524.